The summed E-state index contributed by atoms with van der Waals surface area (Å²) in [5.41, 5.74) is 3.31. The molecule has 0 fully saturated rings. The summed E-state index contributed by atoms with van der Waals surface area (Å²) in [6.45, 7) is 5.41. The maximum absolute atomic E-state index is 13.3. The second kappa shape index (κ2) is 10.6. The predicted molar refractivity (Wildman–Crippen MR) is 115 cm³/mol. The zero-order valence-corrected chi connectivity index (χ0v) is 17.1. The number of benzene rings is 3. The van der Waals surface area contributed by atoms with Crippen LogP contribution >= 0.6 is 0 Å². The van der Waals surface area contributed by atoms with Crippen LogP contribution in [0.4, 0.5) is 4.39 Å². The maximum atomic E-state index is 13.3. The molecular formula is C25H28FNO2. The molecule has 4 heteroatoms. The summed E-state index contributed by atoms with van der Waals surface area (Å²) < 4.78 is 24.7. The molecule has 0 N–H and O–H groups in total. The van der Waals surface area contributed by atoms with E-state index in [0.29, 0.717) is 18.1 Å². The SMILES string of the molecule is CCN(CCc1ccc(OCc2cccc(F)c2)c(OC)c1)Cc1ccccc1. The van der Waals surface area contributed by atoms with Crippen LogP contribution < -0.4 is 9.47 Å². The third kappa shape index (κ3) is 6.33. The molecule has 0 atom stereocenters. The Labute approximate surface area is 172 Å². The van der Waals surface area contributed by atoms with Gasteiger partial charge in [-0.25, -0.2) is 4.39 Å². The quantitative estimate of drug-likeness (QED) is 0.455. The van der Waals surface area contributed by atoms with Gasteiger partial charge in [-0.3, -0.25) is 4.90 Å². The van der Waals surface area contributed by atoms with Gasteiger partial charge in [0.15, 0.2) is 11.5 Å². The Bertz CT molecular complexity index is 898. The molecule has 0 aliphatic heterocycles. The molecule has 0 saturated carbocycles. The molecule has 0 unspecified atom stereocenters. The van der Waals surface area contributed by atoms with Crippen LogP contribution in [0.1, 0.15) is 23.6 Å². The van der Waals surface area contributed by atoms with Gasteiger partial charge in [0.25, 0.3) is 0 Å². The zero-order chi connectivity index (χ0) is 20.5. The second-order valence-corrected chi connectivity index (χ2v) is 7.01. The van der Waals surface area contributed by atoms with Crippen LogP contribution in [-0.4, -0.2) is 25.1 Å². The molecule has 0 aliphatic rings. The molecule has 0 heterocycles. The molecule has 0 amide bonds. The van der Waals surface area contributed by atoms with Crippen molar-refractivity contribution in [3.05, 3.63) is 95.3 Å². The van der Waals surface area contributed by atoms with Crippen molar-refractivity contribution in [1.29, 1.82) is 0 Å². The lowest BCUT2D eigenvalue weighted by Gasteiger charge is -2.21. The molecule has 0 spiro atoms. The van der Waals surface area contributed by atoms with Crippen molar-refractivity contribution >= 4 is 0 Å². The van der Waals surface area contributed by atoms with Crippen LogP contribution in [0.15, 0.2) is 72.8 Å². The van der Waals surface area contributed by atoms with Gasteiger partial charge in [-0.15, -0.1) is 0 Å². The summed E-state index contributed by atoms with van der Waals surface area (Å²) in [5.74, 6) is 1.10. The van der Waals surface area contributed by atoms with E-state index in [0.717, 1.165) is 31.6 Å². The van der Waals surface area contributed by atoms with Crippen LogP contribution in [-0.2, 0) is 19.6 Å². The molecular weight excluding hydrogens is 365 g/mol. The van der Waals surface area contributed by atoms with Crippen molar-refractivity contribution in [1.82, 2.24) is 4.90 Å². The van der Waals surface area contributed by atoms with Crippen molar-refractivity contribution in [3.8, 4) is 11.5 Å². The topological polar surface area (TPSA) is 21.7 Å². The molecule has 3 rings (SSSR count). The molecule has 152 valence electrons. The first-order chi connectivity index (χ1) is 14.2. The highest BCUT2D eigenvalue weighted by Gasteiger charge is 2.09. The van der Waals surface area contributed by atoms with E-state index >= 15 is 0 Å². The van der Waals surface area contributed by atoms with Gasteiger partial charge in [0.05, 0.1) is 7.11 Å². The minimum Gasteiger partial charge on any atom is -0.493 e. The van der Waals surface area contributed by atoms with Gasteiger partial charge in [-0.2, -0.15) is 0 Å². The van der Waals surface area contributed by atoms with Crippen LogP contribution in [0.2, 0.25) is 0 Å². The third-order valence-corrected chi connectivity index (χ3v) is 4.92. The monoisotopic (exact) mass is 393 g/mol. The normalized spacial score (nSPS) is 10.9. The number of halogens is 1. The number of ether oxygens (including phenoxy) is 2. The van der Waals surface area contributed by atoms with Crippen molar-refractivity contribution in [2.45, 2.75) is 26.5 Å². The van der Waals surface area contributed by atoms with Crippen molar-refractivity contribution in [3.63, 3.8) is 0 Å². The van der Waals surface area contributed by atoms with Gasteiger partial charge in [0.2, 0.25) is 0 Å². The summed E-state index contributed by atoms with van der Waals surface area (Å²) >= 11 is 0. The Morgan fingerprint density at radius 2 is 1.62 bits per heavy atom. The third-order valence-electron chi connectivity index (χ3n) is 4.92. The minimum absolute atomic E-state index is 0.260. The Hall–Kier alpha value is -2.85. The van der Waals surface area contributed by atoms with E-state index in [4.69, 9.17) is 9.47 Å². The van der Waals surface area contributed by atoms with Crippen LogP contribution in [0.3, 0.4) is 0 Å². The number of hydrogen-bond acceptors (Lipinski definition) is 3. The highest BCUT2D eigenvalue weighted by molar-refractivity contribution is 5.43. The molecule has 0 aliphatic carbocycles. The fourth-order valence-corrected chi connectivity index (χ4v) is 3.25. The van der Waals surface area contributed by atoms with E-state index in [1.165, 1.54) is 23.3 Å². The Morgan fingerprint density at radius 3 is 2.34 bits per heavy atom. The first-order valence-corrected chi connectivity index (χ1v) is 9.98. The Morgan fingerprint density at radius 1 is 0.828 bits per heavy atom. The standard InChI is InChI=1S/C25H28FNO2/c1-3-27(18-21-8-5-4-6-9-21)15-14-20-12-13-24(25(17-20)28-2)29-19-22-10-7-11-23(26)16-22/h4-13,16-17H,3,14-15,18-19H2,1-2H3. The predicted octanol–water partition coefficient (Wildman–Crippen LogP) is 5.48. The molecule has 0 saturated heterocycles. The summed E-state index contributed by atoms with van der Waals surface area (Å²) in [5, 5.41) is 0. The zero-order valence-electron chi connectivity index (χ0n) is 17.1. The van der Waals surface area contributed by atoms with E-state index in [-0.39, 0.29) is 5.82 Å². The molecule has 3 nitrogen and oxygen atoms in total. The van der Waals surface area contributed by atoms with Gasteiger partial charge in [0, 0.05) is 13.1 Å². The summed E-state index contributed by atoms with van der Waals surface area (Å²) in [7, 11) is 1.64. The van der Waals surface area contributed by atoms with E-state index in [1.807, 2.05) is 24.3 Å². The Balaban J connectivity index is 1.58. The van der Waals surface area contributed by atoms with E-state index in [1.54, 1.807) is 13.2 Å². The van der Waals surface area contributed by atoms with Crippen LogP contribution in [0.25, 0.3) is 0 Å². The molecule has 0 bridgehead atoms. The average Bonchev–Trinajstić information content (AvgIpc) is 2.76. The first kappa shape index (κ1) is 20.9. The largest absolute Gasteiger partial charge is 0.493 e. The molecule has 0 radical (unpaired) electrons. The Kier molecular flexibility index (Phi) is 7.65. The lowest BCUT2D eigenvalue weighted by atomic mass is 10.1. The maximum Gasteiger partial charge on any atom is 0.161 e. The van der Waals surface area contributed by atoms with Gasteiger partial charge >= 0.3 is 0 Å². The number of nitrogens with zero attached hydrogens (tertiary/aromatic N) is 1. The van der Waals surface area contributed by atoms with Crippen molar-refractivity contribution < 1.29 is 13.9 Å². The first-order valence-electron chi connectivity index (χ1n) is 9.98. The summed E-state index contributed by atoms with van der Waals surface area (Å²) in [6, 6.07) is 23.0. The van der Waals surface area contributed by atoms with Crippen molar-refractivity contribution in [2.24, 2.45) is 0 Å². The lowest BCUT2D eigenvalue weighted by Crippen LogP contribution is -2.25. The molecule has 0 aromatic heterocycles. The number of likely N-dealkylation sites (N-methyl/N-ethyl adjacent to an activating group) is 1. The van der Waals surface area contributed by atoms with E-state index in [9.17, 15) is 4.39 Å². The fourth-order valence-electron chi connectivity index (χ4n) is 3.25. The average molecular weight is 394 g/mol. The highest BCUT2D eigenvalue weighted by atomic mass is 19.1. The van der Waals surface area contributed by atoms with Crippen LogP contribution in [0, 0.1) is 5.82 Å². The van der Waals surface area contributed by atoms with Gasteiger partial charge < -0.3 is 9.47 Å². The second-order valence-electron chi connectivity index (χ2n) is 7.01. The van der Waals surface area contributed by atoms with E-state index < -0.39 is 0 Å². The van der Waals surface area contributed by atoms with Gasteiger partial charge in [0.1, 0.15) is 12.4 Å². The fraction of sp³-hybridized carbons (Fsp3) is 0.280. The highest BCUT2D eigenvalue weighted by Crippen LogP contribution is 2.29. The van der Waals surface area contributed by atoms with Gasteiger partial charge in [-0.05, 0) is 53.9 Å². The summed E-state index contributed by atoms with van der Waals surface area (Å²) in [6.07, 6.45) is 0.932. The minimum atomic E-state index is -0.260. The molecule has 3 aromatic rings. The number of hydrogen-bond donors (Lipinski definition) is 0. The molecule has 3 aromatic carbocycles. The number of methoxy groups -OCH3 is 1. The smallest absolute Gasteiger partial charge is 0.161 e. The lowest BCUT2D eigenvalue weighted by molar-refractivity contribution is 0.280. The van der Waals surface area contributed by atoms with Crippen molar-refractivity contribution in [2.75, 3.05) is 20.2 Å². The van der Waals surface area contributed by atoms with Gasteiger partial charge in [-0.1, -0.05) is 55.5 Å². The van der Waals surface area contributed by atoms with E-state index in [2.05, 4.69) is 42.2 Å². The molecule has 29 heavy (non-hydrogen) atoms. The number of rotatable bonds is 10. The summed E-state index contributed by atoms with van der Waals surface area (Å²) in [4.78, 5) is 2.43. The van der Waals surface area contributed by atoms with Crippen LogP contribution in [0.5, 0.6) is 11.5 Å².